The summed E-state index contributed by atoms with van der Waals surface area (Å²) >= 11 is 0. The van der Waals surface area contributed by atoms with Gasteiger partial charge in [-0.3, -0.25) is 14.3 Å². The molecule has 5 rings (SSSR count). The van der Waals surface area contributed by atoms with E-state index in [0.717, 1.165) is 22.4 Å². The number of anilines is 1. The zero-order valence-electron chi connectivity index (χ0n) is 17.8. The Morgan fingerprint density at radius 3 is 2.58 bits per heavy atom. The Balaban J connectivity index is 1.36. The number of carbonyl (C=O) groups is 2. The summed E-state index contributed by atoms with van der Waals surface area (Å²) in [5.41, 5.74) is 4.93. The third-order valence-electron chi connectivity index (χ3n) is 5.39. The van der Waals surface area contributed by atoms with Crippen molar-refractivity contribution in [2.24, 2.45) is 0 Å². The van der Waals surface area contributed by atoms with Crippen molar-refractivity contribution in [2.75, 3.05) is 11.9 Å². The number of nitrogens with zero attached hydrogens (tertiary/aromatic N) is 2. The second-order valence-corrected chi connectivity index (χ2v) is 7.78. The summed E-state index contributed by atoms with van der Waals surface area (Å²) in [5, 5.41) is 10.5. The molecule has 3 aromatic carbocycles. The van der Waals surface area contributed by atoms with Crippen LogP contribution in [0.2, 0.25) is 0 Å². The minimum atomic E-state index is -0.229. The highest BCUT2D eigenvalue weighted by Crippen LogP contribution is 2.28. The summed E-state index contributed by atoms with van der Waals surface area (Å²) in [6, 6.07) is 25.0. The number of fused-ring (bicyclic) bond motifs is 1. The van der Waals surface area contributed by atoms with Crippen LogP contribution in [0, 0.1) is 0 Å². The van der Waals surface area contributed by atoms with Gasteiger partial charge in [-0.25, -0.2) is 0 Å². The molecule has 33 heavy (non-hydrogen) atoms. The Bertz CT molecular complexity index is 1300. The number of amides is 2. The summed E-state index contributed by atoms with van der Waals surface area (Å²) in [5.74, 6) is 0.0525. The Morgan fingerprint density at radius 2 is 1.79 bits per heavy atom. The molecule has 2 amide bonds. The van der Waals surface area contributed by atoms with Gasteiger partial charge in [-0.2, -0.15) is 5.10 Å². The molecular formula is C26H22N4O3. The van der Waals surface area contributed by atoms with Crippen LogP contribution in [0.4, 0.5) is 5.69 Å². The fourth-order valence-corrected chi connectivity index (χ4v) is 3.78. The number of aromatic nitrogens is 2. The lowest BCUT2D eigenvalue weighted by Crippen LogP contribution is -2.26. The topological polar surface area (TPSA) is 85.2 Å². The third-order valence-corrected chi connectivity index (χ3v) is 5.39. The molecule has 7 heteroatoms. The van der Waals surface area contributed by atoms with E-state index < -0.39 is 0 Å². The maximum atomic E-state index is 12.8. The van der Waals surface area contributed by atoms with Crippen LogP contribution < -0.4 is 15.4 Å². The Labute approximate surface area is 191 Å². The van der Waals surface area contributed by atoms with E-state index in [1.54, 1.807) is 18.2 Å². The summed E-state index contributed by atoms with van der Waals surface area (Å²) in [6.45, 7) is 0.911. The van der Waals surface area contributed by atoms with Gasteiger partial charge in [0.25, 0.3) is 11.8 Å². The van der Waals surface area contributed by atoms with Gasteiger partial charge in [-0.15, -0.1) is 0 Å². The third kappa shape index (κ3) is 4.62. The van der Waals surface area contributed by atoms with Crippen LogP contribution in [0.15, 0.2) is 85.1 Å². The number of nitrogens with one attached hydrogen (secondary N) is 2. The first-order valence-corrected chi connectivity index (χ1v) is 10.7. The monoisotopic (exact) mass is 438 g/mol. The van der Waals surface area contributed by atoms with Crippen molar-refractivity contribution in [1.82, 2.24) is 15.1 Å². The molecule has 0 unspecified atom stereocenters. The van der Waals surface area contributed by atoms with Crippen LogP contribution >= 0.6 is 0 Å². The minimum Gasteiger partial charge on any atom is -0.482 e. The van der Waals surface area contributed by atoms with Crippen molar-refractivity contribution in [2.45, 2.75) is 13.1 Å². The van der Waals surface area contributed by atoms with Gasteiger partial charge < -0.3 is 15.4 Å². The molecular weight excluding hydrogens is 416 g/mol. The summed E-state index contributed by atoms with van der Waals surface area (Å²) in [6.07, 6.45) is 1.97. The van der Waals surface area contributed by atoms with Crippen LogP contribution in [0.25, 0.3) is 11.3 Å². The van der Waals surface area contributed by atoms with E-state index in [-0.39, 0.29) is 18.4 Å². The van der Waals surface area contributed by atoms with Crippen LogP contribution in [0.5, 0.6) is 5.75 Å². The highest BCUT2D eigenvalue weighted by molar-refractivity contribution is 5.99. The smallest absolute Gasteiger partial charge is 0.262 e. The second kappa shape index (κ2) is 9.00. The van der Waals surface area contributed by atoms with Crippen LogP contribution in [-0.4, -0.2) is 28.2 Å². The van der Waals surface area contributed by atoms with Gasteiger partial charge in [0.05, 0.1) is 17.9 Å². The molecule has 7 nitrogen and oxygen atoms in total. The number of ether oxygens (including phenoxy) is 1. The van der Waals surface area contributed by atoms with Crippen molar-refractivity contribution in [3.8, 4) is 17.0 Å². The van der Waals surface area contributed by atoms with E-state index in [2.05, 4.69) is 22.8 Å². The van der Waals surface area contributed by atoms with Crippen LogP contribution in [0.1, 0.15) is 21.5 Å². The van der Waals surface area contributed by atoms with Gasteiger partial charge in [-0.05, 0) is 23.8 Å². The lowest BCUT2D eigenvalue weighted by molar-refractivity contribution is -0.118. The van der Waals surface area contributed by atoms with Gasteiger partial charge in [0, 0.05) is 29.4 Å². The molecule has 0 aliphatic carbocycles. The first kappa shape index (κ1) is 20.5. The summed E-state index contributed by atoms with van der Waals surface area (Å²) in [7, 11) is 0. The van der Waals surface area contributed by atoms with E-state index in [9.17, 15) is 9.59 Å². The van der Waals surface area contributed by atoms with E-state index >= 15 is 0 Å². The lowest BCUT2D eigenvalue weighted by Gasteiger charge is -2.18. The zero-order valence-corrected chi connectivity index (χ0v) is 17.8. The molecule has 0 saturated carbocycles. The van der Waals surface area contributed by atoms with Gasteiger partial charge in [0.1, 0.15) is 5.75 Å². The average Bonchev–Trinajstić information content (AvgIpc) is 3.26. The standard InChI is InChI=1S/C26H22N4O3/c31-24-17-33-23-13-20(11-12-22(23)28-24)26(32)27-14-21-16-30(15-18-7-3-1-4-8-18)29-25(21)19-9-5-2-6-10-19/h1-13,16H,14-15,17H2,(H,27,32)(H,28,31). The van der Waals surface area contributed by atoms with Crippen molar-refractivity contribution in [3.63, 3.8) is 0 Å². The second-order valence-electron chi connectivity index (χ2n) is 7.78. The molecule has 2 N–H and O–H groups in total. The highest BCUT2D eigenvalue weighted by atomic mass is 16.5. The fourth-order valence-electron chi connectivity index (χ4n) is 3.78. The first-order valence-electron chi connectivity index (χ1n) is 10.7. The van der Waals surface area contributed by atoms with Gasteiger partial charge in [0.15, 0.2) is 6.61 Å². The minimum absolute atomic E-state index is 0.0564. The maximum absolute atomic E-state index is 12.8. The molecule has 0 spiro atoms. The lowest BCUT2D eigenvalue weighted by atomic mass is 10.1. The number of benzene rings is 3. The molecule has 4 aromatic rings. The number of carbonyl (C=O) groups excluding carboxylic acids is 2. The molecule has 0 radical (unpaired) electrons. The molecule has 0 fully saturated rings. The molecule has 0 atom stereocenters. The van der Waals surface area contributed by atoms with Crippen molar-refractivity contribution in [3.05, 3.63) is 102 Å². The van der Waals surface area contributed by atoms with E-state index in [1.807, 2.05) is 59.4 Å². The summed E-state index contributed by atoms with van der Waals surface area (Å²) in [4.78, 5) is 24.3. The van der Waals surface area contributed by atoms with Gasteiger partial charge >= 0.3 is 0 Å². The highest BCUT2D eigenvalue weighted by Gasteiger charge is 2.18. The molecule has 0 saturated heterocycles. The SMILES string of the molecule is O=C1COc2cc(C(=O)NCc3cn(Cc4ccccc4)nc3-c3ccccc3)ccc2N1. The average molecular weight is 438 g/mol. The van der Waals surface area contributed by atoms with Crippen LogP contribution in [0.3, 0.4) is 0 Å². The Morgan fingerprint density at radius 1 is 1.03 bits per heavy atom. The summed E-state index contributed by atoms with van der Waals surface area (Å²) < 4.78 is 7.32. The predicted octanol–water partition coefficient (Wildman–Crippen LogP) is 3.86. The van der Waals surface area contributed by atoms with Crippen molar-refractivity contribution >= 4 is 17.5 Å². The largest absolute Gasteiger partial charge is 0.482 e. The van der Waals surface area contributed by atoms with Gasteiger partial charge in [0.2, 0.25) is 0 Å². The Hall–Kier alpha value is -4.39. The fraction of sp³-hybridized carbons (Fsp3) is 0.115. The molecule has 1 aliphatic heterocycles. The predicted molar refractivity (Wildman–Crippen MR) is 125 cm³/mol. The van der Waals surface area contributed by atoms with Crippen LogP contribution in [-0.2, 0) is 17.9 Å². The number of rotatable bonds is 6. The van der Waals surface area contributed by atoms with E-state index in [0.29, 0.717) is 30.1 Å². The first-order chi connectivity index (χ1) is 16.2. The normalized spacial score (nSPS) is 12.4. The number of hydrogen-bond acceptors (Lipinski definition) is 4. The molecule has 1 aromatic heterocycles. The quantitative estimate of drug-likeness (QED) is 0.479. The molecule has 164 valence electrons. The van der Waals surface area contributed by atoms with E-state index in [1.165, 1.54) is 0 Å². The molecule has 1 aliphatic rings. The maximum Gasteiger partial charge on any atom is 0.262 e. The van der Waals surface area contributed by atoms with E-state index in [4.69, 9.17) is 9.84 Å². The van der Waals surface area contributed by atoms with Crippen molar-refractivity contribution in [1.29, 1.82) is 0 Å². The zero-order chi connectivity index (χ0) is 22.6. The van der Waals surface area contributed by atoms with Crippen molar-refractivity contribution < 1.29 is 14.3 Å². The number of hydrogen-bond donors (Lipinski definition) is 2. The van der Waals surface area contributed by atoms with Gasteiger partial charge in [-0.1, -0.05) is 60.7 Å². The molecule has 2 heterocycles. The molecule has 0 bridgehead atoms. The Kier molecular flexibility index (Phi) is 5.59.